The standard InChI is InChI=1S/C23H32N2O4Si.C17H18N2O4/c1-7-27-19-13-11-17(12-14-19)16-28-22(26)25-21(24)18-9-8-10-20(15-18)29-30(5,6)23(2,3)4;1-2-22-15-8-6-12(7-9-15)11-23-17(21)19-16(18)13-4-3-5-14(20)10-13/h8-15H,7,16H2,1-6H3,(H2,24,25,26);3-10,20H,2,11H2,1H3,(H2,18,19,21). The van der Waals surface area contributed by atoms with Gasteiger partial charge in [-0.3, -0.25) is 21.5 Å². The Morgan fingerprint density at radius 2 is 1.09 bits per heavy atom. The van der Waals surface area contributed by atoms with Gasteiger partial charge in [0.15, 0.2) is 0 Å². The van der Waals surface area contributed by atoms with Gasteiger partial charge >= 0.3 is 12.2 Å². The van der Waals surface area contributed by atoms with Crippen molar-refractivity contribution in [1.29, 1.82) is 10.8 Å². The van der Waals surface area contributed by atoms with Gasteiger partial charge in [0, 0.05) is 11.1 Å². The number of aromatic hydroxyl groups is 1. The quantitative estimate of drug-likeness (QED) is 0.0544. The minimum Gasteiger partial charge on any atom is -0.543 e. The first kappa shape index (κ1) is 41.6. The molecule has 5 N–H and O–H groups in total. The van der Waals surface area contributed by atoms with Crippen LogP contribution in [0.4, 0.5) is 9.59 Å². The van der Waals surface area contributed by atoms with Crippen LogP contribution in [0.5, 0.6) is 23.0 Å². The Bertz CT molecular complexity index is 1820. The van der Waals surface area contributed by atoms with Crippen molar-refractivity contribution in [2.45, 2.75) is 66.0 Å². The van der Waals surface area contributed by atoms with Crippen molar-refractivity contribution in [3.05, 3.63) is 119 Å². The summed E-state index contributed by atoms with van der Waals surface area (Å²) >= 11 is 0. The monoisotopic (exact) mass is 742 g/mol. The van der Waals surface area contributed by atoms with Crippen LogP contribution >= 0.6 is 0 Å². The Balaban J connectivity index is 0.000000295. The van der Waals surface area contributed by atoms with Gasteiger partial charge in [-0.05, 0) is 91.6 Å². The summed E-state index contributed by atoms with van der Waals surface area (Å²) in [5, 5.41) is 30.2. The van der Waals surface area contributed by atoms with Gasteiger partial charge in [0.25, 0.3) is 0 Å². The van der Waals surface area contributed by atoms with E-state index >= 15 is 0 Å². The molecule has 0 unspecified atom stereocenters. The molecule has 0 spiro atoms. The van der Waals surface area contributed by atoms with E-state index in [0.29, 0.717) is 30.1 Å². The van der Waals surface area contributed by atoms with Crippen LogP contribution in [0, 0.1) is 10.8 Å². The highest BCUT2D eigenvalue weighted by atomic mass is 28.4. The summed E-state index contributed by atoms with van der Waals surface area (Å²) in [5.74, 6) is 2.08. The van der Waals surface area contributed by atoms with E-state index in [1.807, 2.05) is 50.2 Å². The molecule has 0 saturated carbocycles. The number of hydrogen-bond acceptors (Lipinski definition) is 10. The molecular formula is C40H50N4O8Si. The van der Waals surface area contributed by atoms with Crippen LogP contribution in [0.2, 0.25) is 18.1 Å². The molecule has 282 valence electrons. The third-order valence-corrected chi connectivity index (χ3v) is 12.5. The van der Waals surface area contributed by atoms with Crippen molar-refractivity contribution in [2.75, 3.05) is 13.2 Å². The zero-order chi connectivity index (χ0) is 39.0. The van der Waals surface area contributed by atoms with Crippen molar-refractivity contribution in [2.24, 2.45) is 0 Å². The Morgan fingerprint density at radius 1 is 0.660 bits per heavy atom. The Morgan fingerprint density at radius 3 is 1.51 bits per heavy atom. The number of alkyl carbamates (subject to hydrolysis) is 2. The van der Waals surface area contributed by atoms with Crippen molar-refractivity contribution in [3.63, 3.8) is 0 Å². The number of nitrogens with one attached hydrogen (secondary N) is 4. The molecule has 0 fully saturated rings. The maximum absolute atomic E-state index is 12.1. The fourth-order valence-electron chi connectivity index (χ4n) is 4.24. The van der Waals surface area contributed by atoms with E-state index in [9.17, 15) is 14.7 Å². The highest BCUT2D eigenvalue weighted by molar-refractivity contribution is 6.74. The van der Waals surface area contributed by atoms with Crippen LogP contribution in [-0.2, 0) is 22.7 Å². The third-order valence-electron chi connectivity index (χ3n) is 8.10. The van der Waals surface area contributed by atoms with E-state index in [1.54, 1.807) is 48.5 Å². The van der Waals surface area contributed by atoms with Crippen LogP contribution < -0.4 is 24.5 Å². The molecule has 53 heavy (non-hydrogen) atoms. The SMILES string of the molecule is CCOc1ccc(COC(=O)NC(=N)c2cccc(O)c2)cc1.CCOc1ccc(COC(=O)NC(=N)c2cccc(O[Si](C)(C)C(C)(C)C)c2)cc1. The Kier molecular flexibility index (Phi) is 15.5. The molecule has 13 heteroatoms. The highest BCUT2D eigenvalue weighted by Gasteiger charge is 2.39. The van der Waals surface area contributed by atoms with E-state index in [1.165, 1.54) is 12.1 Å². The van der Waals surface area contributed by atoms with Crippen LogP contribution in [0.15, 0.2) is 97.1 Å². The molecule has 0 aliphatic rings. The first-order valence-corrected chi connectivity index (χ1v) is 20.1. The van der Waals surface area contributed by atoms with Gasteiger partial charge in [0.2, 0.25) is 8.32 Å². The molecule has 0 saturated heterocycles. The number of benzene rings is 4. The van der Waals surface area contributed by atoms with E-state index in [4.69, 9.17) is 34.2 Å². The van der Waals surface area contributed by atoms with Crippen molar-refractivity contribution in [1.82, 2.24) is 10.6 Å². The number of carbonyl (C=O) groups is 2. The molecule has 4 aromatic carbocycles. The molecule has 4 aromatic rings. The van der Waals surface area contributed by atoms with Gasteiger partial charge in [0.1, 0.15) is 47.9 Å². The number of amidine groups is 2. The van der Waals surface area contributed by atoms with E-state index in [0.717, 1.165) is 22.6 Å². The van der Waals surface area contributed by atoms with E-state index in [2.05, 4.69) is 44.5 Å². The lowest BCUT2D eigenvalue weighted by Crippen LogP contribution is -2.43. The normalized spacial score (nSPS) is 10.8. The lowest BCUT2D eigenvalue weighted by Gasteiger charge is -2.36. The van der Waals surface area contributed by atoms with Crippen LogP contribution in [0.3, 0.4) is 0 Å². The average Bonchev–Trinajstić information content (AvgIpc) is 3.11. The van der Waals surface area contributed by atoms with Gasteiger partial charge in [-0.1, -0.05) is 69.3 Å². The summed E-state index contributed by atoms with van der Waals surface area (Å²) in [7, 11) is -1.99. The van der Waals surface area contributed by atoms with E-state index in [-0.39, 0.29) is 35.7 Å². The zero-order valence-electron chi connectivity index (χ0n) is 31.4. The second-order valence-electron chi connectivity index (χ2n) is 13.2. The van der Waals surface area contributed by atoms with Gasteiger partial charge in [-0.25, -0.2) is 9.59 Å². The number of phenolic OH excluding ortho intramolecular Hbond substituents is 1. The number of carbonyl (C=O) groups excluding carboxylic acids is 2. The molecule has 0 aliphatic heterocycles. The largest absolute Gasteiger partial charge is 0.543 e. The number of ether oxygens (including phenoxy) is 4. The Hall–Kier alpha value is -5.82. The molecule has 0 heterocycles. The van der Waals surface area contributed by atoms with E-state index < -0.39 is 20.5 Å². The van der Waals surface area contributed by atoms with Gasteiger partial charge in [-0.15, -0.1) is 0 Å². The summed E-state index contributed by atoms with van der Waals surface area (Å²) in [5.41, 5.74) is 2.60. The fourth-order valence-corrected chi connectivity index (χ4v) is 5.26. The molecule has 0 atom stereocenters. The predicted octanol–water partition coefficient (Wildman–Crippen LogP) is 8.76. The van der Waals surface area contributed by atoms with Crippen molar-refractivity contribution < 1.29 is 38.1 Å². The molecule has 12 nitrogen and oxygen atoms in total. The average molecular weight is 743 g/mol. The van der Waals surface area contributed by atoms with Gasteiger partial charge in [-0.2, -0.15) is 0 Å². The summed E-state index contributed by atoms with van der Waals surface area (Å²) in [6.07, 6.45) is -1.41. The summed E-state index contributed by atoms with van der Waals surface area (Å²) in [6.45, 7) is 16.1. The molecule has 0 radical (unpaired) electrons. The second-order valence-corrected chi connectivity index (χ2v) is 18.0. The number of amides is 2. The topological polar surface area (TPSA) is 172 Å². The van der Waals surface area contributed by atoms with Gasteiger partial charge in [0.05, 0.1) is 13.2 Å². The van der Waals surface area contributed by atoms with Gasteiger partial charge < -0.3 is 28.5 Å². The minimum atomic E-state index is -1.99. The maximum atomic E-state index is 12.1. The number of rotatable bonds is 12. The molecular weight excluding hydrogens is 693 g/mol. The maximum Gasteiger partial charge on any atom is 0.413 e. The summed E-state index contributed by atoms with van der Waals surface area (Å²) < 4.78 is 27.3. The Labute approximate surface area is 312 Å². The van der Waals surface area contributed by atoms with Crippen molar-refractivity contribution in [3.8, 4) is 23.0 Å². The third kappa shape index (κ3) is 14.0. The second kappa shape index (κ2) is 19.7. The lowest BCUT2D eigenvalue weighted by atomic mass is 10.2. The highest BCUT2D eigenvalue weighted by Crippen LogP contribution is 2.37. The fraction of sp³-hybridized carbons (Fsp3) is 0.300. The first-order valence-electron chi connectivity index (χ1n) is 17.2. The van der Waals surface area contributed by atoms with Crippen molar-refractivity contribution >= 4 is 32.2 Å². The zero-order valence-corrected chi connectivity index (χ0v) is 32.4. The van der Waals surface area contributed by atoms with Crippen LogP contribution in [-0.4, -0.2) is 50.5 Å². The minimum absolute atomic E-state index is 0.0248. The number of phenols is 1. The molecule has 0 aliphatic carbocycles. The van der Waals surface area contributed by atoms with Crippen LogP contribution in [0.25, 0.3) is 0 Å². The smallest absolute Gasteiger partial charge is 0.413 e. The first-order chi connectivity index (χ1) is 25.1. The predicted molar refractivity (Wildman–Crippen MR) is 208 cm³/mol. The van der Waals surface area contributed by atoms with Crippen LogP contribution in [0.1, 0.15) is 56.9 Å². The molecule has 4 rings (SSSR count). The lowest BCUT2D eigenvalue weighted by molar-refractivity contribution is 0.144. The summed E-state index contributed by atoms with van der Waals surface area (Å²) in [6, 6.07) is 27.8. The molecule has 0 bridgehead atoms. The molecule has 0 aromatic heterocycles. The molecule has 2 amide bonds. The number of hydrogen-bond donors (Lipinski definition) is 5. The summed E-state index contributed by atoms with van der Waals surface area (Å²) in [4.78, 5) is 23.8.